The van der Waals surface area contributed by atoms with Crippen LogP contribution in [0.25, 0.3) is 0 Å². The third kappa shape index (κ3) is 6.86. The molecule has 1 saturated carbocycles. The van der Waals surface area contributed by atoms with E-state index >= 15 is 0 Å². The van der Waals surface area contributed by atoms with E-state index in [9.17, 15) is 9.59 Å². The van der Waals surface area contributed by atoms with Gasteiger partial charge in [-0.05, 0) is 25.0 Å². The van der Waals surface area contributed by atoms with Gasteiger partial charge in [0.05, 0.1) is 0 Å². The molecule has 2 N–H and O–H groups in total. The zero-order valence-corrected chi connectivity index (χ0v) is 14.9. The summed E-state index contributed by atoms with van der Waals surface area (Å²) in [5, 5.41) is 5.80. The number of nitrogens with one attached hydrogen (secondary N) is 2. The highest BCUT2D eigenvalue weighted by Gasteiger charge is 2.33. The fourth-order valence-corrected chi connectivity index (χ4v) is 3.90. The second-order valence-electron chi connectivity index (χ2n) is 7.05. The van der Waals surface area contributed by atoms with Crippen molar-refractivity contribution in [2.75, 3.05) is 5.75 Å². The summed E-state index contributed by atoms with van der Waals surface area (Å²) in [5.41, 5.74) is -0.130. The highest BCUT2D eigenvalue weighted by atomic mass is 32.2. The fraction of sp³-hybridized carbons (Fsp3) is 0.765. The summed E-state index contributed by atoms with van der Waals surface area (Å²) in [7, 11) is 0. The van der Waals surface area contributed by atoms with Gasteiger partial charge in [0.25, 0.3) is 0 Å². The second-order valence-corrected chi connectivity index (χ2v) is 8.97. The molecule has 0 aromatic carbocycles. The lowest BCUT2D eigenvalue weighted by Crippen LogP contribution is -2.55. The van der Waals surface area contributed by atoms with Gasteiger partial charge in [-0.3, -0.25) is 0 Å². The Hall–Kier alpha value is -0.970. The minimum Gasteiger partial charge on any atom is -0.333 e. The molecule has 1 fully saturated rings. The lowest BCUT2D eigenvalue weighted by molar-refractivity contribution is -0.108. The number of hydrogen-bond acceptors (Lipinski definition) is 3. The van der Waals surface area contributed by atoms with Gasteiger partial charge in [-0.2, -0.15) is 11.8 Å². The highest BCUT2D eigenvalue weighted by molar-refractivity contribution is 8.00. The molecule has 0 heterocycles. The van der Waals surface area contributed by atoms with Crippen LogP contribution in [0.5, 0.6) is 0 Å². The van der Waals surface area contributed by atoms with E-state index in [1.807, 2.05) is 11.8 Å². The first-order valence-electron chi connectivity index (χ1n) is 8.11. The number of carbonyl (C=O) groups excluding carboxylic acids is 2. The summed E-state index contributed by atoms with van der Waals surface area (Å²) in [6.07, 6.45) is 8.68. The molecular formula is C17H30N2O2S. The van der Waals surface area contributed by atoms with Crippen molar-refractivity contribution in [3.05, 3.63) is 12.7 Å². The van der Waals surface area contributed by atoms with Crippen LogP contribution < -0.4 is 10.6 Å². The molecule has 0 aromatic rings. The summed E-state index contributed by atoms with van der Waals surface area (Å²) in [5.74, 6) is 1.03. The summed E-state index contributed by atoms with van der Waals surface area (Å²) >= 11 is 1.93. The van der Waals surface area contributed by atoms with E-state index in [2.05, 4.69) is 38.0 Å². The molecule has 0 saturated heterocycles. The number of aldehydes is 1. The number of rotatable bonds is 7. The predicted octanol–water partition coefficient (Wildman–Crippen LogP) is 3.66. The molecule has 0 aliphatic heterocycles. The molecule has 1 rings (SSSR count). The predicted molar refractivity (Wildman–Crippen MR) is 94.4 cm³/mol. The maximum atomic E-state index is 12.2. The summed E-state index contributed by atoms with van der Waals surface area (Å²) in [6.45, 7) is 10.2. The standard InChI is InChI=1S/C17H30N2O2S/c1-5-14(13-20)18-15(21)19-17(9-7-6-8-10-17)11-12-22-16(2,3)4/h5,13-14H,1,6-12H2,2-4H3,(H2,18,19,21). The molecule has 1 unspecified atom stereocenters. The van der Waals surface area contributed by atoms with Crippen LogP contribution in [-0.4, -0.2) is 34.4 Å². The minimum atomic E-state index is -0.621. The Morgan fingerprint density at radius 1 is 1.32 bits per heavy atom. The van der Waals surface area contributed by atoms with Gasteiger partial charge in [0, 0.05) is 10.3 Å². The Kier molecular flexibility index (Phi) is 7.46. The van der Waals surface area contributed by atoms with Crippen LogP contribution in [0.4, 0.5) is 4.79 Å². The van der Waals surface area contributed by atoms with E-state index in [-0.39, 0.29) is 16.3 Å². The number of urea groups is 1. The molecular weight excluding hydrogens is 296 g/mol. The largest absolute Gasteiger partial charge is 0.333 e. The zero-order chi connectivity index (χ0) is 16.6. The van der Waals surface area contributed by atoms with Crippen LogP contribution in [0.3, 0.4) is 0 Å². The molecule has 0 bridgehead atoms. The van der Waals surface area contributed by atoms with Crippen LogP contribution in [0.1, 0.15) is 59.3 Å². The van der Waals surface area contributed by atoms with Crippen LogP contribution in [0.2, 0.25) is 0 Å². The van der Waals surface area contributed by atoms with Crippen LogP contribution in [0.15, 0.2) is 12.7 Å². The van der Waals surface area contributed by atoms with Crippen molar-refractivity contribution in [2.24, 2.45) is 0 Å². The fourth-order valence-electron chi connectivity index (χ4n) is 2.80. The summed E-state index contributed by atoms with van der Waals surface area (Å²) < 4.78 is 0.240. The first-order valence-corrected chi connectivity index (χ1v) is 9.09. The van der Waals surface area contributed by atoms with Gasteiger partial charge >= 0.3 is 6.03 Å². The lowest BCUT2D eigenvalue weighted by Gasteiger charge is -2.39. The summed E-state index contributed by atoms with van der Waals surface area (Å²) in [6, 6.07) is -0.885. The Balaban J connectivity index is 2.60. The Bertz CT molecular complexity index is 377. The molecule has 4 nitrogen and oxygen atoms in total. The van der Waals surface area contributed by atoms with Gasteiger partial charge in [-0.1, -0.05) is 46.1 Å². The van der Waals surface area contributed by atoms with Crippen LogP contribution >= 0.6 is 11.8 Å². The smallest absolute Gasteiger partial charge is 0.316 e. The lowest BCUT2D eigenvalue weighted by atomic mass is 9.80. The average Bonchev–Trinajstić information content (AvgIpc) is 2.44. The van der Waals surface area contributed by atoms with Crippen molar-refractivity contribution in [2.45, 2.75) is 75.6 Å². The van der Waals surface area contributed by atoms with Crippen molar-refractivity contribution >= 4 is 24.1 Å². The first-order chi connectivity index (χ1) is 10.3. The SMILES string of the molecule is C=CC(C=O)NC(=O)NC1(CCSC(C)(C)C)CCCCC1. The van der Waals surface area contributed by atoms with Crippen LogP contribution in [0, 0.1) is 0 Å². The minimum absolute atomic E-state index is 0.130. The summed E-state index contributed by atoms with van der Waals surface area (Å²) in [4.78, 5) is 23.0. The molecule has 126 valence electrons. The van der Waals surface area contributed by atoms with Crippen molar-refractivity contribution in [1.29, 1.82) is 0 Å². The molecule has 0 radical (unpaired) electrons. The van der Waals surface area contributed by atoms with Crippen molar-refractivity contribution in [3.8, 4) is 0 Å². The zero-order valence-electron chi connectivity index (χ0n) is 14.1. The molecule has 22 heavy (non-hydrogen) atoms. The Morgan fingerprint density at radius 3 is 2.45 bits per heavy atom. The molecule has 5 heteroatoms. The van der Waals surface area contributed by atoms with Crippen molar-refractivity contribution < 1.29 is 9.59 Å². The Morgan fingerprint density at radius 2 is 1.95 bits per heavy atom. The van der Waals surface area contributed by atoms with Gasteiger partial charge < -0.3 is 15.4 Å². The molecule has 0 spiro atoms. The number of carbonyl (C=O) groups is 2. The maximum absolute atomic E-state index is 12.2. The van der Waals surface area contributed by atoms with Gasteiger partial charge in [0.1, 0.15) is 12.3 Å². The first kappa shape index (κ1) is 19.1. The van der Waals surface area contributed by atoms with E-state index in [0.717, 1.165) is 37.9 Å². The van der Waals surface area contributed by atoms with E-state index in [1.165, 1.54) is 12.5 Å². The van der Waals surface area contributed by atoms with Gasteiger partial charge in [0.2, 0.25) is 0 Å². The molecule has 1 atom stereocenters. The number of amides is 2. The van der Waals surface area contributed by atoms with Gasteiger partial charge in [-0.25, -0.2) is 4.79 Å². The van der Waals surface area contributed by atoms with Gasteiger partial charge in [-0.15, -0.1) is 6.58 Å². The maximum Gasteiger partial charge on any atom is 0.316 e. The monoisotopic (exact) mass is 326 g/mol. The molecule has 2 amide bonds. The topological polar surface area (TPSA) is 58.2 Å². The van der Waals surface area contributed by atoms with E-state index in [0.29, 0.717) is 6.29 Å². The quantitative estimate of drug-likeness (QED) is 0.554. The normalized spacial score (nSPS) is 19.0. The average molecular weight is 327 g/mol. The third-order valence-electron chi connectivity index (χ3n) is 4.00. The number of thioether (sulfide) groups is 1. The Labute approximate surface area is 138 Å². The molecule has 1 aliphatic rings. The number of hydrogen-bond donors (Lipinski definition) is 2. The van der Waals surface area contributed by atoms with Crippen molar-refractivity contribution in [3.63, 3.8) is 0 Å². The van der Waals surface area contributed by atoms with Crippen LogP contribution in [-0.2, 0) is 4.79 Å². The third-order valence-corrected chi connectivity index (χ3v) is 5.28. The molecule has 0 aromatic heterocycles. The van der Waals surface area contributed by atoms with E-state index in [4.69, 9.17) is 0 Å². The van der Waals surface area contributed by atoms with E-state index in [1.54, 1.807) is 0 Å². The van der Waals surface area contributed by atoms with E-state index < -0.39 is 6.04 Å². The molecule has 1 aliphatic carbocycles. The second kappa shape index (κ2) is 8.61. The van der Waals surface area contributed by atoms with Gasteiger partial charge in [0.15, 0.2) is 0 Å². The highest BCUT2D eigenvalue weighted by Crippen LogP contribution is 2.34. The van der Waals surface area contributed by atoms with Crippen molar-refractivity contribution in [1.82, 2.24) is 10.6 Å².